The summed E-state index contributed by atoms with van der Waals surface area (Å²) in [6.07, 6.45) is 0.0770. The normalized spacial score (nSPS) is 12.5. The fourth-order valence-corrected chi connectivity index (χ4v) is 4.66. The largest absolute Gasteiger partial charge is 0.370 e. The highest BCUT2D eigenvalue weighted by atomic mass is 32.2. The van der Waals surface area contributed by atoms with Gasteiger partial charge in [-0.1, -0.05) is 68.4 Å². The van der Waals surface area contributed by atoms with Gasteiger partial charge in [0.05, 0.1) is 11.3 Å². The van der Waals surface area contributed by atoms with Gasteiger partial charge in [0.1, 0.15) is 6.04 Å². The number of carbonyl (C=O) groups excluding carboxylic acids is 2. The smallest absolute Gasteiger partial charge is 0.329 e. The molecule has 180 valence electrons. The summed E-state index contributed by atoms with van der Waals surface area (Å²) in [6, 6.07) is 18.3. The van der Waals surface area contributed by atoms with E-state index in [0.717, 1.165) is 5.56 Å². The molecule has 1 amide bonds. The molecule has 0 bridgehead atoms. The first kappa shape index (κ1) is 25.4. The summed E-state index contributed by atoms with van der Waals surface area (Å²) in [7, 11) is -3.72. The van der Waals surface area contributed by atoms with Crippen LogP contribution in [0.4, 0.5) is 5.69 Å². The molecule has 8 nitrogen and oxygen atoms in total. The predicted octanol–water partition coefficient (Wildman–Crippen LogP) is 3.39. The summed E-state index contributed by atoms with van der Waals surface area (Å²) in [5.74, 6) is -0.790. The molecular formula is C25H29N3O5S. The van der Waals surface area contributed by atoms with Crippen molar-refractivity contribution < 1.29 is 22.8 Å². The molecule has 1 unspecified atom stereocenters. The average molecular weight is 484 g/mol. The summed E-state index contributed by atoms with van der Waals surface area (Å²) < 4.78 is 28.2. The minimum Gasteiger partial charge on any atom is -0.370 e. The lowest BCUT2D eigenvalue weighted by Crippen LogP contribution is -2.39. The minimum absolute atomic E-state index is 0.0770. The van der Waals surface area contributed by atoms with Gasteiger partial charge >= 0.3 is 5.97 Å². The van der Waals surface area contributed by atoms with E-state index in [1.54, 1.807) is 37.3 Å². The number of nitrogens with one attached hydrogen (secondary N) is 3. The predicted molar refractivity (Wildman–Crippen MR) is 131 cm³/mol. The van der Waals surface area contributed by atoms with E-state index >= 15 is 0 Å². The highest BCUT2D eigenvalue weighted by Crippen LogP contribution is 2.29. The molecule has 1 atom stereocenters. The van der Waals surface area contributed by atoms with E-state index in [4.69, 9.17) is 4.84 Å². The van der Waals surface area contributed by atoms with E-state index in [9.17, 15) is 18.0 Å². The molecule has 0 aliphatic rings. The Kier molecular flexibility index (Phi) is 8.38. The Hall–Kier alpha value is -3.27. The Balaban J connectivity index is 1.69. The number of hydroxylamine groups is 1. The molecule has 0 saturated heterocycles. The van der Waals surface area contributed by atoms with Crippen molar-refractivity contribution in [3.8, 4) is 0 Å². The Labute approximate surface area is 199 Å². The van der Waals surface area contributed by atoms with Crippen molar-refractivity contribution in [2.75, 3.05) is 11.9 Å². The summed E-state index contributed by atoms with van der Waals surface area (Å²) >= 11 is 0. The molecule has 0 aromatic heterocycles. The van der Waals surface area contributed by atoms with Crippen molar-refractivity contribution in [2.24, 2.45) is 5.92 Å². The van der Waals surface area contributed by atoms with Gasteiger partial charge < -0.3 is 10.2 Å². The van der Waals surface area contributed by atoms with Crippen LogP contribution in [0.5, 0.6) is 0 Å². The molecule has 3 aromatic carbocycles. The van der Waals surface area contributed by atoms with Crippen molar-refractivity contribution in [3.05, 3.63) is 72.3 Å². The van der Waals surface area contributed by atoms with Gasteiger partial charge in [-0.25, -0.2) is 13.1 Å². The molecule has 9 heteroatoms. The molecule has 0 radical (unpaired) electrons. The van der Waals surface area contributed by atoms with Crippen LogP contribution in [0.1, 0.15) is 26.3 Å². The van der Waals surface area contributed by atoms with Gasteiger partial charge in [0, 0.05) is 23.0 Å². The molecule has 0 saturated carbocycles. The maximum atomic E-state index is 12.8. The SMILES string of the molecule is CC(C)CNS(=O)(=O)c1cccc2c(NC(=O)C(C)NOC(=O)Cc3ccccc3)cccc12. The van der Waals surface area contributed by atoms with E-state index in [0.29, 0.717) is 23.0 Å². The third kappa shape index (κ3) is 6.63. The topological polar surface area (TPSA) is 114 Å². The first-order valence-corrected chi connectivity index (χ1v) is 12.5. The second kappa shape index (κ2) is 11.2. The summed E-state index contributed by atoms with van der Waals surface area (Å²) in [5.41, 5.74) is 3.72. The monoisotopic (exact) mass is 483 g/mol. The van der Waals surface area contributed by atoms with Gasteiger partial charge in [0.15, 0.2) is 0 Å². The number of fused-ring (bicyclic) bond motifs is 1. The molecule has 34 heavy (non-hydrogen) atoms. The second-order valence-corrected chi connectivity index (χ2v) is 10.1. The van der Waals surface area contributed by atoms with Gasteiger partial charge in [-0.2, -0.15) is 0 Å². The lowest BCUT2D eigenvalue weighted by atomic mass is 10.1. The van der Waals surface area contributed by atoms with Crippen molar-refractivity contribution in [3.63, 3.8) is 0 Å². The molecular weight excluding hydrogens is 454 g/mol. The van der Waals surface area contributed by atoms with Crippen molar-refractivity contribution in [1.29, 1.82) is 0 Å². The fourth-order valence-electron chi connectivity index (χ4n) is 3.23. The molecule has 0 fully saturated rings. The first-order chi connectivity index (χ1) is 16.2. The molecule has 0 aliphatic carbocycles. The summed E-state index contributed by atoms with van der Waals surface area (Å²) in [6.45, 7) is 5.73. The van der Waals surface area contributed by atoms with Crippen LogP contribution in [0.2, 0.25) is 0 Å². The Morgan fingerprint density at radius 2 is 1.56 bits per heavy atom. The number of anilines is 1. The number of carbonyl (C=O) groups is 2. The fraction of sp³-hybridized carbons (Fsp3) is 0.280. The second-order valence-electron chi connectivity index (χ2n) is 8.37. The molecule has 3 rings (SSSR count). The number of hydrogen-bond acceptors (Lipinski definition) is 6. The minimum atomic E-state index is -3.72. The number of amides is 1. The summed E-state index contributed by atoms with van der Waals surface area (Å²) in [5, 5.41) is 3.85. The zero-order chi connectivity index (χ0) is 24.7. The van der Waals surface area contributed by atoms with E-state index in [2.05, 4.69) is 15.5 Å². The van der Waals surface area contributed by atoms with Crippen molar-refractivity contribution in [1.82, 2.24) is 10.2 Å². The summed E-state index contributed by atoms with van der Waals surface area (Å²) in [4.78, 5) is 29.9. The van der Waals surface area contributed by atoms with Gasteiger partial charge in [0.2, 0.25) is 15.9 Å². The lowest BCUT2D eigenvalue weighted by Gasteiger charge is -2.16. The molecule has 0 spiro atoms. The van der Waals surface area contributed by atoms with Gasteiger partial charge in [0.25, 0.3) is 0 Å². The van der Waals surface area contributed by atoms with Crippen LogP contribution in [0.3, 0.4) is 0 Å². The van der Waals surface area contributed by atoms with Crippen LogP contribution in [-0.4, -0.2) is 32.9 Å². The number of sulfonamides is 1. The van der Waals surface area contributed by atoms with Crippen molar-refractivity contribution >= 4 is 38.4 Å². The maximum Gasteiger partial charge on any atom is 0.329 e. The lowest BCUT2D eigenvalue weighted by molar-refractivity contribution is -0.152. The first-order valence-electron chi connectivity index (χ1n) is 11.0. The highest BCUT2D eigenvalue weighted by molar-refractivity contribution is 7.89. The molecule has 0 heterocycles. The zero-order valence-corrected chi connectivity index (χ0v) is 20.2. The van der Waals surface area contributed by atoms with Crippen LogP contribution in [0.25, 0.3) is 10.8 Å². The number of benzene rings is 3. The quantitative estimate of drug-likeness (QED) is 0.381. The van der Waals surface area contributed by atoms with Gasteiger partial charge in [-0.05, 0) is 30.5 Å². The molecule has 0 aliphatic heterocycles. The third-order valence-electron chi connectivity index (χ3n) is 5.05. The Morgan fingerprint density at radius 1 is 0.882 bits per heavy atom. The van der Waals surface area contributed by atoms with Crippen LogP contribution >= 0.6 is 0 Å². The third-order valence-corrected chi connectivity index (χ3v) is 6.53. The van der Waals surface area contributed by atoms with Crippen LogP contribution < -0.4 is 15.5 Å². The van der Waals surface area contributed by atoms with E-state index in [1.165, 1.54) is 6.07 Å². The van der Waals surface area contributed by atoms with Crippen molar-refractivity contribution in [2.45, 2.75) is 38.1 Å². The van der Waals surface area contributed by atoms with E-state index < -0.39 is 27.9 Å². The van der Waals surface area contributed by atoms with Crippen LogP contribution in [0.15, 0.2) is 71.6 Å². The highest BCUT2D eigenvalue weighted by Gasteiger charge is 2.20. The Bertz CT molecular complexity index is 1260. The zero-order valence-electron chi connectivity index (χ0n) is 19.4. The standard InChI is InChI=1S/C25H29N3O5S/c1-17(2)16-26-34(31,32)23-14-8-11-20-21(23)12-7-13-22(20)27-25(30)18(3)28-33-24(29)15-19-9-5-4-6-10-19/h4-14,17-18,26,28H,15-16H2,1-3H3,(H,27,30). The molecule has 3 aromatic rings. The maximum absolute atomic E-state index is 12.8. The van der Waals surface area contributed by atoms with Gasteiger partial charge in [-0.15, -0.1) is 5.48 Å². The van der Waals surface area contributed by atoms with E-state index in [1.807, 2.05) is 44.2 Å². The number of rotatable bonds is 10. The number of hydrogen-bond donors (Lipinski definition) is 3. The van der Waals surface area contributed by atoms with Crippen LogP contribution in [0, 0.1) is 5.92 Å². The van der Waals surface area contributed by atoms with Crippen LogP contribution in [-0.2, 0) is 30.9 Å². The van der Waals surface area contributed by atoms with Gasteiger partial charge in [-0.3, -0.25) is 9.59 Å². The average Bonchev–Trinajstić information content (AvgIpc) is 2.81. The van der Waals surface area contributed by atoms with E-state index in [-0.39, 0.29) is 17.2 Å². The molecule has 3 N–H and O–H groups in total. The Morgan fingerprint density at radius 3 is 2.26 bits per heavy atom.